The van der Waals surface area contributed by atoms with Crippen LogP contribution in [0.3, 0.4) is 0 Å². The Bertz CT molecular complexity index is 171. The third kappa shape index (κ3) is 1.21. The summed E-state index contributed by atoms with van der Waals surface area (Å²) in [5.41, 5.74) is 1.22. The Balaban J connectivity index is 2.84. The minimum Gasteiger partial charge on any atom is -0.263 e. The molecule has 0 spiro atoms. The van der Waals surface area contributed by atoms with Crippen molar-refractivity contribution in [1.29, 1.82) is 0 Å². The molecule has 0 saturated heterocycles. The van der Waals surface area contributed by atoms with Gasteiger partial charge < -0.3 is 0 Å². The fourth-order valence-electron chi connectivity index (χ4n) is 0.532. The molecule has 8 heavy (non-hydrogen) atoms. The summed E-state index contributed by atoms with van der Waals surface area (Å²) < 4.78 is 2.83. The van der Waals surface area contributed by atoms with Gasteiger partial charge in [0.25, 0.3) is 0 Å². The first-order valence-corrected chi connectivity index (χ1v) is 3.90. The second-order valence-electron chi connectivity index (χ2n) is 1.68. The normalized spacial score (nSPS) is 9.75. The Morgan fingerprint density at radius 1 is 1.88 bits per heavy atom. The maximum Gasteiger partial charge on any atom is 0.0923 e. The van der Waals surface area contributed by atoms with Gasteiger partial charge in [-0.1, -0.05) is 22.6 Å². The van der Waals surface area contributed by atoms with Gasteiger partial charge in [-0.15, -0.1) is 0 Å². The van der Waals surface area contributed by atoms with Crippen LogP contribution in [0.15, 0.2) is 12.4 Å². The van der Waals surface area contributed by atoms with E-state index >= 15 is 0 Å². The highest BCUT2D eigenvalue weighted by molar-refractivity contribution is 14.1. The lowest BCUT2D eigenvalue weighted by atomic mass is 10.4. The molecule has 0 fully saturated rings. The third-order valence-electron chi connectivity index (χ3n) is 0.885. The van der Waals surface area contributed by atoms with Crippen molar-refractivity contribution in [3.05, 3.63) is 18.0 Å². The average molecular weight is 222 g/mol. The summed E-state index contributed by atoms with van der Waals surface area (Å²) in [5.74, 6) is 0. The van der Waals surface area contributed by atoms with Gasteiger partial charge in [-0.2, -0.15) is 5.10 Å². The highest BCUT2D eigenvalue weighted by atomic mass is 127. The summed E-state index contributed by atoms with van der Waals surface area (Å²) in [4.78, 5) is 0. The van der Waals surface area contributed by atoms with E-state index in [0.29, 0.717) is 0 Å². The Labute approximate surface area is 62.0 Å². The second-order valence-corrected chi connectivity index (χ2v) is 2.36. The number of hydrogen-bond acceptors (Lipinski definition) is 1. The first-order chi connectivity index (χ1) is 3.83. The molecule has 0 radical (unpaired) electrons. The molecule has 2 nitrogen and oxygen atoms in total. The monoisotopic (exact) mass is 222 g/mol. The Morgan fingerprint density at radius 3 is 2.88 bits per heavy atom. The van der Waals surface area contributed by atoms with Gasteiger partial charge in [0.05, 0.1) is 10.7 Å². The molecule has 1 aromatic heterocycles. The summed E-state index contributed by atoms with van der Waals surface area (Å²) in [6, 6.07) is 0. The van der Waals surface area contributed by atoms with Gasteiger partial charge in [0.1, 0.15) is 0 Å². The van der Waals surface area contributed by atoms with Crippen molar-refractivity contribution in [3.63, 3.8) is 0 Å². The van der Waals surface area contributed by atoms with E-state index in [0.717, 1.165) is 4.55 Å². The lowest BCUT2D eigenvalue weighted by Gasteiger charge is -1.86. The molecule has 0 aliphatic rings. The molecule has 0 atom stereocenters. The molecule has 3 heteroatoms. The largest absolute Gasteiger partial charge is 0.263 e. The lowest BCUT2D eigenvalue weighted by Crippen LogP contribution is -1.88. The lowest BCUT2D eigenvalue weighted by molar-refractivity contribution is 0.767. The van der Waals surface area contributed by atoms with Crippen LogP contribution in [0.1, 0.15) is 5.56 Å². The Morgan fingerprint density at radius 2 is 2.62 bits per heavy atom. The van der Waals surface area contributed by atoms with Crippen LogP contribution in [0.4, 0.5) is 0 Å². The molecule has 0 aromatic carbocycles. The van der Waals surface area contributed by atoms with Crippen LogP contribution in [0.25, 0.3) is 0 Å². The maximum atomic E-state index is 4.04. The second kappa shape index (κ2) is 2.48. The summed E-state index contributed by atoms with van der Waals surface area (Å²) in [5, 5.41) is 4.04. The zero-order valence-electron chi connectivity index (χ0n) is 4.63. The molecule has 1 heterocycles. The fourth-order valence-corrected chi connectivity index (χ4v) is 0.905. The summed E-state index contributed by atoms with van der Waals surface area (Å²) in [6.45, 7) is 2.04. The van der Waals surface area contributed by atoms with Gasteiger partial charge in [-0.05, 0) is 12.5 Å². The summed E-state index contributed by atoms with van der Waals surface area (Å²) in [6.07, 6.45) is 3.88. The van der Waals surface area contributed by atoms with Crippen molar-refractivity contribution in [1.82, 2.24) is 9.78 Å². The summed E-state index contributed by atoms with van der Waals surface area (Å²) >= 11 is 2.27. The van der Waals surface area contributed by atoms with Crippen molar-refractivity contribution >= 4 is 22.6 Å². The highest BCUT2D eigenvalue weighted by Crippen LogP contribution is 1.96. The van der Waals surface area contributed by atoms with Crippen molar-refractivity contribution in [2.45, 2.75) is 11.5 Å². The molecular formula is C5H7IN2. The van der Waals surface area contributed by atoms with Gasteiger partial charge >= 0.3 is 0 Å². The number of aryl methyl sites for hydroxylation is 1. The maximum absolute atomic E-state index is 4.04. The van der Waals surface area contributed by atoms with E-state index in [1.54, 1.807) is 0 Å². The molecule has 0 aliphatic heterocycles. The molecule has 0 aliphatic carbocycles. The smallest absolute Gasteiger partial charge is 0.0923 e. The Kier molecular flexibility index (Phi) is 1.88. The van der Waals surface area contributed by atoms with Crippen LogP contribution >= 0.6 is 22.6 Å². The fraction of sp³-hybridized carbons (Fsp3) is 0.400. The van der Waals surface area contributed by atoms with Crippen molar-refractivity contribution in [3.8, 4) is 0 Å². The van der Waals surface area contributed by atoms with Gasteiger partial charge in [-0.3, -0.25) is 4.68 Å². The number of halogens is 1. The number of nitrogens with zero attached hydrogens (tertiary/aromatic N) is 2. The number of hydrogen-bond donors (Lipinski definition) is 0. The predicted octanol–water partition coefficient (Wildman–Crippen LogP) is 1.58. The standard InChI is InChI=1S/C5H7IN2/c1-5-2-7-8(3-5)4-6/h2-3H,4H2,1H3. The quantitative estimate of drug-likeness (QED) is 0.521. The van der Waals surface area contributed by atoms with E-state index < -0.39 is 0 Å². The first kappa shape index (κ1) is 6.07. The van der Waals surface area contributed by atoms with E-state index in [1.165, 1.54) is 5.56 Å². The molecule has 0 saturated carbocycles. The van der Waals surface area contributed by atoms with E-state index in [1.807, 2.05) is 24.0 Å². The van der Waals surface area contributed by atoms with Crippen LogP contribution in [0, 0.1) is 6.92 Å². The molecule has 0 amide bonds. The van der Waals surface area contributed by atoms with E-state index in [4.69, 9.17) is 0 Å². The van der Waals surface area contributed by atoms with Gasteiger partial charge in [0, 0.05) is 6.20 Å². The third-order valence-corrected chi connectivity index (χ3v) is 1.58. The number of alkyl halides is 1. The topological polar surface area (TPSA) is 17.8 Å². The Hall–Kier alpha value is -0.0600. The van der Waals surface area contributed by atoms with Crippen LogP contribution in [-0.4, -0.2) is 9.78 Å². The summed E-state index contributed by atoms with van der Waals surface area (Å²) in [7, 11) is 0. The van der Waals surface area contributed by atoms with E-state index in [-0.39, 0.29) is 0 Å². The van der Waals surface area contributed by atoms with Crippen molar-refractivity contribution in [2.24, 2.45) is 0 Å². The van der Waals surface area contributed by atoms with Crippen molar-refractivity contribution < 1.29 is 0 Å². The van der Waals surface area contributed by atoms with E-state index in [9.17, 15) is 0 Å². The minimum absolute atomic E-state index is 0.936. The molecule has 0 N–H and O–H groups in total. The van der Waals surface area contributed by atoms with Gasteiger partial charge in [0.2, 0.25) is 0 Å². The van der Waals surface area contributed by atoms with Gasteiger partial charge in [-0.25, -0.2) is 0 Å². The zero-order chi connectivity index (χ0) is 5.98. The minimum atomic E-state index is 0.936. The van der Waals surface area contributed by atoms with Crippen LogP contribution in [0.2, 0.25) is 0 Å². The van der Waals surface area contributed by atoms with Crippen LogP contribution < -0.4 is 0 Å². The van der Waals surface area contributed by atoms with Crippen LogP contribution in [-0.2, 0) is 4.55 Å². The molecule has 0 bridgehead atoms. The highest BCUT2D eigenvalue weighted by Gasteiger charge is 1.86. The van der Waals surface area contributed by atoms with E-state index in [2.05, 4.69) is 27.7 Å². The van der Waals surface area contributed by atoms with Crippen LogP contribution in [0.5, 0.6) is 0 Å². The molecule has 44 valence electrons. The zero-order valence-corrected chi connectivity index (χ0v) is 6.79. The molecular weight excluding hydrogens is 215 g/mol. The van der Waals surface area contributed by atoms with Gasteiger partial charge in [0.15, 0.2) is 0 Å². The molecule has 1 rings (SSSR count). The average Bonchev–Trinajstić information content (AvgIpc) is 2.14. The predicted molar refractivity (Wildman–Crippen MR) is 41.0 cm³/mol. The van der Waals surface area contributed by atoms with Crippen molar-refractivity contribution in [2.75, 3.05) is 0 Å². The SMILES string of the molecule is Cc1cnn(CI)c1. The number of rotatable bonds is 1. The number of aromatic nitrogens is 2. The molecule has 1 aromatic rings. The molecule has 0 unspecified atom stereocenters. The first-order valence-electron chi connectivity index (χ1n) is 2.38.